The van der Waals surface area contributed by atoms with Crippen LogP contribution in [0.2, 0.25) is 0 Å². The molecule has 0 amide bonds. The molecule has 0 radical (unpaired) electrons. The zero-order chi connectivity index (χ0) is 15.8. The summed E-state index contributed by atoms with van der Waals surface area (Å²) in [5.74, 6) is 0. The van der Waals surface area contributed by atoms with Crippen molar-refractivity contribution in [2.75, 3.05) is 6.61 Å². The molecule has 2 heterocycles. The van der Waals surface area contributed by atoms with Crippen molar-refractivity contribution in [1.29, 1.82) is 0 Å². The Kier molecular flexibility index (Phi) is 6.29. The molecule has 0 aromatic carbocycles. The first-order chi connectivity index (χ1) is 9.67. The molecule has 22 heavy (non-hydrogen) atoms. The maximum atomic E-state index is 11.7. The van der Waals surface area contributed by atoms with Crippen molar-refractivity contribution in [3.8, 4) is 0 Å². The molecule has 12 heteroatoms. The number of hydrogen-bond acceptors (Lipinski definition) is 6. The summed E-state index contributed by atoms with van der Waals surface area (Å²) in [7, 11) is -4.67. The molecule has 1 fully saturated rings. The molecule has 1 aliphatic rings. The van der Waals surface area contributed by atoms with E-state index in [-0.39, 0.29) is 22.9 Å². The number of aromatic nitrogens is 2. The Morgan fingerprint density at radius 2 is 2.14 bits per heavy atom. The molecular formula is C10H15N2NiO8P. The summed E-state index contributed by atoms with van der Waals surface area (Å²) in [6, 6.07) is 0. The SMILES string of the molecule is Cc1cn([C@H]2C[C@H](O)[C@@H](COP(=O)(O)O)O2)c(=O)[nH]c1=O.[Ni]. The number of ether oxygens (including phenoxy) is 1. The van der Waals surface area contributed by atoms with Gasteiger partial charge in [0.25, 0.3) is 5.56 Å². The Balaban J connectivity index is 0.00000242. The van der Waals surface area contributed by atoms with Gasteiger partial charge in [-0.1, -0.05) is 0 Å². The summed E-state index contributed by atoms with van der Waals surface area (Å²) < 4.78 is 21.4. The number of phosphoric acid groups is 1. The summed E-state index contributed by atoms with van der Waals surface area (Å²) in [4.78, 5) is 42.3. The van der Waals surface area contributed by atoms with E-state index >= 15 is 0 Å². The molecule has 128 valence electrons. The molecule has 0 spiro atoms. The number of H-pyrrole nitrogens is 1. The average Bonchev–Trinajstić information content (AvgIpc) is 2.72. The molecule has 2 rings (SSSR count). The van der Waals surface area contributed by atoms with Crippen molar-refractivity contribution in [3.05, 3.63) is 32.6 Å². The van der Waals surface area contributed by atoms with Gasteiger partial charge in [-0.05, 0) is 6.92 Å². The topological polar surface area (TPSA) is 151 Å². The van der Waals surface area contributed by atoms with E-state index in [9.17, 15) is 19.3 Å². The second-order valence-corrected chi connectivity index (χ2v) is 5.94. The van der Waals surface area contributed by atoms with Crippen LogP contribution in [-0.4, -0.2) is 43.3 Å². The number of aliphatic hydroxyl groups excluding tert-OH is 1. The van der Waals surface area contributed by atoms with E-state index in [1.807, 2.05) is 0 Å². The zero-order valence-electron chi connectivity index (χ0n) is 11.3. The standard InChI is InChI=1S/C10H15N2O8P.Ni/c1-5-3-12(10(15)11-9(5)14)8-2-6(13)7(20-8)4-19-21(16,17)18;/h3,6-8,13H,2,4H2,1H3,(H,11,14,15)(H2,16,17,18);/t6-,7+,8+;/m0./s1. The number of nitrogens with zero attached hydrogens (tertiary/aromatic N) is 1. The van der Waals surface area contributed by atoms with Crippen LogP contribution >= 0.6 is 7.82 Å². The van der Waals surface area contributed by atoms with Gasteiger partial charge in [0.1, 0.15) is 12.3 Å². The van der Waals surface area contributed by atoms with Crippen molar-refractivity contribution < 1.29 is 45.2 Å². The molecule has 4 N–H and O–H groups in total. The van der Waals surface area contributed by atoms with Crippen LogP contribution in [0.5, 0.6) is 0 Å². The smallest absolute Gasteiger partial charge is 0.390 e. The summed E-state index contributed by atoms with van der Waals surface area (Å²) in [6.45, 7) is 0.994. The number of aliphatic hydroxyl groups is 1. The van der Waals surface area contributed by atoms with E-state index < -0.39 is 44.1 Å². The molecule has 0 saturated carbocycles. The molecule has 0 bridgehead atoms. The van der Waals surface area contributed by atoms with Gasteiger partial charge in [-0.25, -0.2) is 9.36 Å². The monoisotopic (exact) mass is 380 g/mol. The Morgan fingerprint density at radius 1 is 1.50 bits per heavy atom. The molecule has 3 atom stereocenters. The molecule has 1 aliphatic heterocycles. The van der Waals surface area contributed by atoms with Crippen molar-refractivity contribution in [3.63, 3.8) is 0 Å². The van der Waals surface area contributed by atoms with Crippen LogP contribution in [0.25, 0.3) is 0 Å². The fourth-order valence-electron chi connectivity index (χ4n) is 2.01. The quantitative estimate of drug-likeness (QED) is 0.367. The normalized spacial score (nSPS) is 25.0. The van der Waals surface area contributed by atoms with Crippen LogP contribution in [0, 0.1) is 6.92 Å². The van der Waals surface area contributed by atoms with Gasteiger partial charge >= 0.3 is 13.5 Å². The number of rotatable bonds is 4. The fraction of sp³-hybridized carbons (Fsp3) is 0.600. The van der Waals surface area contributed by atoms with Crippen LogP contribution in [0.15, 0.2) is 15.8 Å². The number of hydrogen-bond donors (Lipinski definition) is 4. The molecular weight excluding hydrogens is 366 g/mol. The zero-order valence-corrected chi connectivity index (χ0v) is 13.2. The largest absolute Gasteiger partial charge is 0.469 e. The third-order valence-corrected chi connectivity index (χ3v) is 3.55. The number of nitrogens with one attached hydrogen (secondary N) is 1. The fourth-order valence-corrected chi connectivity index (χ4v) is 2.35. The van der Waals surface area contributed by atoms with E-state index in [1.165, 1.54) is 13.1 Å². The Morgan fingerprint density at radius 3 is 2.73 bits per heavy atom. The number of aromatic amines is 1. The predicted octanol–water partition coefficient (Wildman–Crippen LogP) is -1.40. The van der Waals surface area contributed by atoms with Gasteiger partial charge in [0.05, 0.1) is 12.7 Å². The van der Waals surface area contributed by atoms with Gasteiger partial charge < -0.3 is 19.6 Å². The maximum Gasteiger partial charge on any atom is 0.469 e. The molecule has 10 nitrogen and oxygen atoms in total. The minimum Gasteiger partial charge on any atom is -0.390 e. The second-order valence-electron chi connectivity index (χ2n) is 4.70. The summed E-state index contributed by atoms with van der Waals surface area (Å²) >= 11 is 0. The molecule has 1 aromatic heterocycles. The van der Waals surface area contributed by atoms with Crippen LogP contribution < -0.4 is 11.2 Å². The van der Waals surface area contributed by atoms with E-state index in [4.69, 9.17) is 14.5 Å². The minimum absolute atomic E-state index is 0. The third-order valence-electron chi connectivity index (χ3n) is 3.07. The van der Waals surface area contributed by atoms with Crippen LogP contribution in [0.4, 0.5) is 0 Å². The predicted molar refractivity (Wildman–Crippen MR) is 68.6 cm³/mol. The maximum absolute atomic E-state index is 11.7. The first-order valence-corrected chi connectivity index (χ1v) is 7.56. The number of phosphoric ester groups is 1. The second kappa shape index (κ2) is 7.18. The molecule has 0 unspecified atom stereocenters. The first-order valence-electron chi connectivity index (χ1n) is 6.03. The van der Waals surface area contributed by atoms with Gasteiger partial charge in [-0.15, -0.1) is 0 Å². The van der Waals surface area contributed by atoms with E-state index in [1.54, 1.807) is 0 Å². The Hall–Kier alpha value is -0.796. The minimum atomic E-state index is -4.67. The third kappa shape index (κ3) is 4.60. The van der Waals surface area contributed by atoms with Gasteiger partial charge in [0.15, 0.2) is 0 Å². The van der Waals surface area contributed by atoms with E-state index in [0.717, 1.165) is 4.57 Å². The van der Waals surface area contributed by atoms with Crippen LogP contribution in [-0.2, 0) is 30.3 Å². The molecule has 0 aliphatic carbocycles. The summed E-state index contributed by atoms with van der Waals surface area (Å²) in [5, 5.41) is 9.79. The van der Waals surface area contributed by atoms with Gasteiger partial charge in [-0.2, -0.15) is 0 Å². The molecule has 1 saturated heterocycles. The summed E-state index contributed by atoms with van der Waals surface area (Å²) in [6.07, 6.45) is -1.57. The van der Waals surface area contributed by atoms with Crippen LogP contribution in [0.3, 0.4) is 0 Å². The average molecular weight is 381 g/mol. The first kappa shape index (κ1) is 19.3. The van der Waals surface area contributed by atoms with Crippen molar-refractivity contribution in [2.45, 2.75) is 31.8 Å². The van der Waals surface area contributed by atoms with Gasteiger partial charge in [0, 0.05) is 34.7 Å². The Bertz CT molecular complexity index is 682. The summed E-state index contributed by atoms with van der Waals surface area (Å²) in [5.41, 5.74) is -0.918. The van der Waals surface area contributed by atoms with Crippen molar-refractivity contribution >= 4 is 7.82 Å². The Labute approximate surface area is 134 Å². The van der Waals surface area contributed by atoms with Crippen LogP contribution in [0.1, 0.15) is 18.2 Å². The van der Waals surface area contributed by atoms with E-state index in [2.05, 4.69) is 9.51 Å². The number of aryl methyl sites for hydroxylation is 1. The van der Waals surface area contributed by atoms with E-state index in [0.29, 0.717) is 5.56 Å². The van der Waals surface area contributed by atoms with Crippen molar-refractivity contribution in [2.24, 2.45) is 0 Å². The van der Waals surface area contributed by atoms with Gasteiger partial charge in [-0.3, -0.25) is 18.9 Å². The van der Waals surface area contributed by atoms with Gasteiger partial charge in [0.2, 0.25) is 0 Å². The molecule has 1 aromatic rings. The van der Waals surface area contributed by atoms with Crippen molar-refractivity contribution in [1.82, 2.24) is 9.55 Å².